The number of aromatic nitrogens is 2. The Morgan fingerprint density at radius 2 is 1.91 bits per heavy atom. The van der Waals surface area contributed by atoms with Crippen LogP contribution in [0.1, 0.15) is 12.8 Å². The Balaban J connectivity index is 1.44. The van der Waals surface area contributed by atoms with E-state index in [2.05, 4.69) is 17.0 Å². The number of carbonyl (C=O) groups is 2. The highest BCUT2D eigenvalue weighted by Crippen LogP contribution is 2.28. The van der Waals surface area contributed by atoms with Gasteiger partial charge in [0.15, 0.2) is 0 Å². The van der Waals surface area contributed by atoms with Crippen LogP contribution in [0.5, 0.6) is 5.75 Å². The fraction of sp³-hybridized carbons (Fsp3) is 0.522. The van der Waals surface area contributed by atoms with E-state index in [-0.39, 0.29) is 30.4 Å². The van der Waals surface area contributed by atoms with Crippen LogP contribution in [0.2, 0.25) is 5.02 Å². The van der Waals surface area contributed by atoms with Gasteiger partial charge >= 0.3 is 0 Å². The summed E-state index contributed by atoms with van der Waals surface area (Å²) in [6.07, 6.45) is 4.31. The standard InChI is InChI=1S/C23H30ClN5O3/c1-26-10-12-27(13-11-26)22(30)14-18-16-28(23(31)17-29-8-3-7-25-29)9-6-21(18)32-20-5-2-4-19(24)15-20/h2-5,7-8,15,18,21H,6,9-14,16-17H2,1H3/t18-,21-/m0/s1. The molecule has 0 unspecified atom stereocenters. The average molecular weight is 460 g/mol. The Morgan fingerprint density at radius 3 is 2.62 bits per heavy atom. The molecule has 0 saturated carbocycles. The Kier molecular flexibility index (Phi) is 7.32. The number of likely N-dealkylation sites (N-methyl/N-ethyl adjacent to an activating group) is 1. The molecule has 2 aliphatic heterocycles. The van der Waals surface area contributed by atoms with Crippen molar-refractivity contribution in [2.45, 2.75) is 25.5 Å². The molecule has 32 heavy (non-hydrogen) atoms. The van der Waals surface area contributed by atoms with Crippen LogP contribution in [0.15, 0.2) is 42.7 Å². The second kappa shape index (κ2) is 10.4. The minimum absolute atomic E-state index is 0.00644. The van der Waals surface area contributed by atoms with Gasteiger partial charge in [-0.25, -0.2) is 0 Å². The molecule has 2 aromatic rings. The highest BCUT2D eigenvalue weighted by atomic mass is 35.5. The van der Waals surface area contributed by atoms with E-state index in [0.29, 0.717) is 36.7 Å². The number of halogens is 1. The summed E-state index contributed by atoms with van der Waals surface area (Å²) in [7, 11) is 2.07. The van der Waals surface area contributed by atoms with E-state index < -0.39 is 0 Å². The molecule has 2 amide bonds. The maximum Gasteiger partial charge on any atom is 0.244 e. The monoisotopic (exact) mass is 459 g/mol. The highest BCUT2D eigenvalue weighted by molar-refractivity contribution is 6.30. The van der Waals surface area contributed by atoms with Gasteiger partial charge in [0.05, 0.1) is 0 Å². The third-order valence-corrected chi connectivity index (χ3v) is 6.48. The minimum atomic E-state index is -0.154. The molecule has 1 aromatic carbocycles. The van der Waals surface area contributed by atoms with E-state index >= 15 is 0 Å². The molecule has 2 aliphatic rings. The number of hydrogen-bond donors (Lipinski definition) is 0. The van der Waals surface area contributed by atoms with E-state index in [9.17, 15) is 9.59 Å². The van der Waals surface area contributed by atoms with Crippen LogP contribution < -0.4 is 4.74 Å². The smallest absolute Gasteiger partial charge is 0.244 e. The zero-order valence-corrected chi connectivity index (χ0v) is 19.2. The van der Waals surface area contributed by atoms with Crippen molar-refractivity contribution in [1.82, 2.24) is 24.5 Å². The Labute approximate surface area is 193 Å². The Bertz CT molecular complexity index is 914. The van der Waals surface area contributed by atoms with Gasteiger partial charge in [0, 0.05) is 75.4 Å². The second-order valence-electron chi connectivity index (χ2n) is 8.59. The molecule has 1 aromatic heterocycles. The number of ether oxygens (including phenoxy) is 1. The van der Waals surface area contributed by atoms with E-state index in [4.69, 9.17) is 16.3 Å². The molecule has 0 N–H and O–H groups in total. The maximum atomic E-state index is 13.1. The average Bonchev–Trinajstić information content (AvgIpc) is 3.28. The van der Waals surface area contributed by atoms with Gasteiger partial charge in [-0.2, -0.15) is 5.10 Å². The van der Waals surface area contributed by atoms with Gasteiger partial charge < -0.3 is 19.4 Å². The summed E-state index contributed by atoms with van der Waals surface area (Å²) < 4.78 is 7.90. The maximum absolute atomic E-state index is 13.1. The van der Waals surface area contributed by atoms with E-state index in [1.807, 2.05) is 21.9 Å². The van der Waals surface area contributed by atoms with E-state index in [1.165, 1.54) is 0 Å². The lowest BCUT2D eigenvalue weighted by Gasteiger charge is -2.40. The van der Waals surface area contributed by atoms with Gasteiger partial charge in [-0.05, 0) is 31.3 Å². The number of carbonyl (C=O) groups excluding carboxylic acids is 2. The van der Waals surface area contributed by atoms with Crippen molar-refractivity contribution in [2.75, 3.05) is 46.3 Å². The Hall–Kier alpha value is -2.58. The normalized spacial score (nSPS) is 22.1. The SMILES string of the molecule is CN1CCN(C(=O)C[C@H]2CN(C(=O)Cn3cccn3)CC[C@@H]2Oc2cccc(Cl)c2)CC1. The number of piperidine rings is 1. The molecule has 3 heterocycles. The number of hydrogen-bond acceptors (Lipinski definition) is 5. The molecule has 4 rings (SSSR count). The minimum Gasteiger partial charge on any atom is -0.490 e. The first kappa shape index (κ1) is 22.6. The quantitative estimate of drug-likeness (QED) is 0.660. The van der Waals surface area contributed by atoms with Crippen LogP contribution in [0.3, 0.4) is 0 Å². The third kappa shape index (κ3) is 5.81. The van der Waals surface area contributed by atoms with Crippen molar-refractivity contribution >= 4 is 23.4 Å². The zero-order valence-electron chi connectivity index (χ0n) is 18.4. The fourth-order valence-electron chi connectivity index (χ4n) is 4.35. The molecule has 8 nitrogen and oxygen atoms in total. The number of rotatable bonds is 6. The Morgan fingerprint density at radius 1 is 1.09 bits per heavy atom. The van der Waals surface area contributed by atoms with Crippen molar-refractivity contribution < 1.29 is 14.3 Å². The fourth-order valence-corrected chi connectivity index (χ4v) is 4.53. The highest BCUT2D eigenvalue weighted by Gasteiger charge is 2.35. The molecule has 172 valence electrons. The summed E-state index contributed by atoms with van der Waals surface area (Å²) >= 11 is 6.12. The molecule has 0 radical (unpaired) electrons. The van der Waals surface area contributed by atoms with Crippen molar-refractivity contribution in [3.8, 4) is 5.75 Å². The third-order valence-electron chi connectivity index (χ3n) is 6.25. The van der Waals surface area contributed by atoms with Crippen LogP contribution in [0, 0.1) is 5.92 Å². The number of nitrogens with zero attached hydrogens (tertiary/aromatic N) is 5. The predicted molar refractivity (Wildman–Crippen MR) is 121 cm³/mol. The number of likely N-dealkylation sites (tertiary alicyclic amines) is 1. The molecule has 0 aliphatic carbocycles. The van der Waals surface area contributed by atoms with Crippen molar-refractivity contribution in [3.63, 3.8) is 0 Å². The lowest BCUT2D eigenvalue weighted by Crippen LogP contribution is -2.52. The number of amides is 2. The lowest BCUT2D eigenvalue weighted by molar-refractivity contribution is -0.140. The van der Waals surface area contributed by atoms with Crippen molar-refractivity contribution in [3.05, 3.63) is 47.7 Å². The van der Waals surface area contributed by atoms with Gasteiger partial charge in [0.2, 0.25) is 11.8 Å². The van der Waals surface area contributed by atoms with Crippen LogP contribution in [0.4, 0.5) is 0 Å². The summed E-state index contributed by atoms with van der Waals surface area (Å²) in [5, 5.41) is 4.74. The summed E-state index contributed by atoms with van der Waals surface area (Å²) in [5.74, 6) is 0.739. The van der Waals surface area contributed by atoms with Crippen molar-refractivity contribution in [1.29, 1.82) is 0 Å². The van der Waals surface area contributed by atoms with E-state index in [0.717, 1.165) is 26.2 Å². The molecular weight excluding hydrogens is 430 g/mol. The molecule has 0 bridgehead atoms. The van der Waals surface area contributed by atoms with Crippen LogP contribution in [-0.4, -0.2) is 88.7 Å². The number of piperazine rings is 1. The van der Waals surface area contributed by atoms with Gasteiger partial charge in [-0.15, -0.1) is 0 Å². The number of benzene rings is 1. The predicted octanol–water partition coefficient (Wildman–Crippen LogP) is 2.00. The molecule has 2 fully saturated rings. The first-order valence-corrected chi connectivity index (χ1v) is 11.5. The lowest BCUT2D eigenvalue weighted by atomic mass is 9.90. The molecule has 2 saturated heterocycles. The van der Waals surface area contributed by atoms with Gasteiger partial charge in [-0.1, -0.05) is 17.7 Å². The summed E-state index contributed by atoms with van der Waals surface area (Å²) in [5.41, 5.74) is 0. The summed E-state index contributed by atoms with van der Waals surface area (Å²) in [6.45, 7) is 4.52. The van der Waals surface area contributed by atoms with Gasteiger partial charge in [0.1, 0.15) is 18.4 Å². The van der Waals surface area contributed by atoms with E-state index in [1.54, 1.807) is 35.3 Å². The first-order chi connectivity index (χ1) is 15.5. The summed E-state index contributed by atoms with van der Waals surface area (Å²) in [4.78, 5) is 31.9. The molecule has 9 heteroatoms. The first-order valence-electron chi connectivity index (χ1n) is 11.1. The van der Waals surface area contributed by atoms with Gasteiger partial charge in [0.25, 0.3) is 0 Å². The molecular formula is C23H30ClN5O3. The molecule has 2 atom stereocenters. The van der Waals surface area contributed by atoms with Crippen LogP contribution in [-0.2, 0) is 16.1 Å². The van der Waals surface area contributed by atoms with Crippen LogP contribution >= 0.6 is 11.6 Å². The van der Waals surface area contributed by atoms with Crippen molar-refractivity contribution in [2.24, 2.45) is 5.92 Å². The van der Waals surface area contributed by atoms with Crippen LogP contribution in [0.25, 0.3) is 0 Å². The summed E-state index contributed by atoms with van der Waals surface area (Å²) in [6, 6.07) is 9.12. The zero-order chi connectivity index (χ0) is 22.5. The molecule has 0 spiro atoms. The largest absolute Gasteiger partial charge is 0.490 e. The topological polar surface area (TPSA) is 70.9 Å². The second-order valence-corrected chi connectivity index (χ2v) is 9.03. The van der Waals surface area contributed by atoms with Gasteiger partial charge in [-0.3, -0.25) is 14.3 Å².